The number of carbonyl (C=O) groups is 1. The molecule has 0 aliphatic carbocycles. The largest absolute Gasteiger partial charge is 0.467 e. The van der Waals surface area contributed by atoms with Crippen molar-refractivity contribution in [3.63, 3.8) is 0 Å². The van der Waals surface area contributed by atoms with E-state index >= 15 is 0 Å². The van der Waals surface area contributed by atoms with Crippen LogP contribution in [0.15, 0.2) is 53.1 Å². The Morgan fingerprint density at radius 3 is 2.52 bits per heavy atom. The summed E-state index contributed by atoms with van der Waals surface area (Å²) in [6, 6.07) is 13.6. The van der Waals surface area contributed by atoms with E-state index in [1.807, 2.05) is 41.1 Å². The number of anilines is 1. The summed E-state index contributed by atoms with van der Waals surface area (Å²) in [6.45, 7) is 7.12. The third-order valence-electron chi connectivity index (χ3n) is 4.08. The average molecular weight is 389 g/mol. The second-order valence-electron chi connectivity index (χ2n) is 7.27. The van der Waals surface area contributed by atoms with Crippen LogP contribution in [-0.2, 0) is 18.5 Å². The Kier molecular flexibility index (Phi) is 6.46. The van der Waals surface area contributed by atoms with Gasteiger partial charge in [0.05, 0.1) is 24.3 Å². The number of carbonyl (C=O) groups excluding carboxylic acids is 1. The minimum atomic E-state index is -0.247. The summed E-state index contributed by atoms with van der Waals surface area (Å²) in [5.74, 6) is 0.978. The van der Waals surface area contributed by atoms with E-state index in [1.54, 1.807) is 6.07 Å². The third-order valence-corrected chi connectivity index (χ3v) is 4.08. The predicted octanol–water partition coefficient (Wildman–Crippen LogP) is 3.95. The van der Waals surface area contributed by atoms with E-state index in [-0.39, 0.29) is 30.3 Å². The number of rotatable bonds is 5. The second-order valence-corrected chi connectivity index (χ2v) is 7.27. The van der Waals surface area contributed by atoms with E-state index in [9.17, 15) is 4.79 Å². The Hall–Kier alpha value is -2.57. The standard InChI is InChI=1S/C20H24N4O2.ClH/c1-20(2,3)17-10-18(22-19(25)15-9-16(11-21)26-13-15)24(23-17)12-14-7-5-4-6-8-14;/h4-10,13H,11-12,21H2,1-3H3,(H,22,25);1H. The molecule has 27 heavy (non-hydrogen) atoms. The highest BCUT2D eigenvalue weighted by Crippen LogP contribution is 2.25. The van der Waals surface area contributed by atoms with E-state index in [0.29, 0.717) is 23.7 Å². The van der Waals surface area contributed by atoms with Gasteiger partial charge in [-0.1, -0.05) is 51.1 Å². The lowest BCUT2D eigenvalue weighted by atomic mass is 9.92. The van der Waals surface area contributed by atoms with Gasteiger partial charge in [-0.3, -0.25) is 4.79 Å². The molecule has 0 fully saturated rings. The Balaban J connectivity index is 0.00000261. The summed E-state index contributed by atoms with van der Waals surface area (Å²) in [5, 5.41) is 7.64. The van der Waals surface area contributed by atoms with Crippen LogP contribution in [0.2, 0.25) is 0 Å². The van der Waals surface area contributed by atoms with Gasteiger partial charge in [0.1, 0.15) is 17.8 Å². The highest BCUT2D eigenvalue weighted by atomic mass is 35.5. The van der Waals surface area contributed by atoms with Gasteiger partial charge >= 0.3 is 0 Å². The number of nitrogens with one attached hydrogen (secondary N) is 1. The summed E-state index contributed by atoms with van der Waals surface area (Å²) < 4.78 is 7.07. The molecular formula is C20H25ClN4O2. The van der Waals surface area contributed by atoms with Gasteiger partial charge in [0.2, 0.25) is 0 Å². The van der Waals surface area contributed by atoms with Crippen LogP contribution in [0.25, 0.3) is 0 Å². The molecule has 0 unspecified atom stereocenters. The van der Waals surface area contributed by atoms with Crippen LogP contribution in [0.4, 0.5) is 5.82 Å². The first-order chi connectivity index (χ1) is 12.4. The topological polar surface area (TPSA) is 86.1 Å². The van der Waals surface area contributed by atoms with Gasteiger partial charge in [-0.05, 0) is 11.6 Å². The predicted molar refractivity (Wildman–Crippen MR) is 108 cm³/mol. The van der Waals surface area contributed by atoms with E-state index < -0.39 is 0 Å². The van der Waals surface area contributed by atoms with Crippen molar-refractivity contribution in [1.82, 2.24) is 9.78 Å². The highest BCUT2D eigenvalue weighted by Gasteiger charge is 2.21. The highest BCUT2D eigenvalue weighted by molar-refractivity contribution is 6.03. The van der Waals surface area contributed by atoms with Gasteiger partial charge in [0.15, 0.2) is 0 Å². The summed E-state index contributed by atoms with van der Waals surface area (Å²) in [7, 11) is 0. The van der Waals surface area contributed by atoms with Gasteiger partial charge in [-0.15, -0.1) is 12.4 Å². The summed E-state index contributed by atoms with van der Waals surface area (Å²) in [4.78, 5) is 12.6. The van der Waals surface area contributed by atoms with Crippen molar-refractivity contribution in [2.75, 3.05) is 5.32 Å². The van der Waals surface area contributed by atoms with Gasteiger partial charge in [0, 0.05) is 11.5 Å². The SMILES string of the molecule is CC(C)(C)c1cc(NC(=O)c2coc(CN)c2)n(Cc2ccccc2)n1.Cl. The summed E-state index contributed by atoms with van der Waals surface area (Å²) >= 11 is 0. The Morgan fingerprint density at radius 2 is 1.93 bits per heavy atom. The number of halogens is 1. The molecule has 3 N–H and O–H groups in total. The molecular weight excluding hydrogens is 364 g/mol. The molecule has 0 bridgehead atoms. The van der Waals surface area contributed by atoms with Crippen molar-refractivity contribution < 1.29 is 9.21 Å². The zero-order valence-electron chi connectivity index (χ0n) is 15.7. The molecule has 2 aromatic heterocycles. The Labute approximate surface area is 165 Å². The number of nitrogens with two attached hydrogens (primary N) is 1. The maximum Gasteiger partial charge on any atom is 0.260 e. The van der Waals surface area contributed by atoms with Crippen molar-refractivity contribution in [1.29, 1.82) is 0 Å². The minimum Gasteiger partial charge on any atom is -0.467 e. The second kappa shape index (κ2) is 8.41. The maximum atomic E-state index is 12.6. The van der Waals surface area contributed by atoms with Crippen LogP contribution < -0.4 is 11.1 Å². The monoisotopic (exact) mass is 388 g/mol. The van der Waals surface area contributed by atoms with Gasteiger partial charge in [-0.2, -0.15) is 5.10 Å². The van der Waals surface area contributed by atoms with Crippen molar-refractivity contribution in [2.24, 2.45) is 5.73 Å². The molecule has 1 amide bonds. The zero-order valence-corrected chi connectivity index (χ0v) is 16.5. The first kappa shape index (κ1) is 20.7. The molecule has 0 saturated heterocycles. The lowest BCUT2D eigenvalue weighted by molar-refractivity contribution is 0.102. The maximum absolute atomic E-state index is 12.6. The van der Waals surface area contributed by atoms with Crippen molar-refractivity contribution >= 4 is 24.1 Å². The molecule has 3 rings (SSSR count). The lowest BCUT2D eigenvalue weighted by Gasteiger charge is -2.14. The molecule has 7 heteroatoms. The van der Waals surface area contributed by atoms with Crippen LogP contribution in [0.3, 0.4) is 0 Å². The molecule has 1 aromatic carbocycles. The zero-order chi connectivity index (χ0) is 18.7. The first-order valence-corrected chi connectivity index (χ1v) is 8.58. The average Bonchev–Trinajstić information content (AvgIpc) is 3.23. The number of furan rings is 1. The normalized spacial score (nSPS) is 11.1. The molecule has 144 valence electrons. The summed E-state index contributed by atoms with van der Waals surface area (Å²) in [5.41, 5.74) is 7.88. The molecule has 2 heterocycles. The van der Waals surface area contributed by atoms with Gasteiger partial charge in [0.25, 0.3) is 5.91 Å². The van der Waals surface area contributed by atoms with Crippen LogP contribution in [0.5, 0.6) is 0 Å². The van der Waals surface area contributed by atoms with E-state index in [4.69, 9.17) is 15.2 Å². The van der Waals surface area contributed by atoms with Crippen LogP contribution >= 0.6 is 12.4 Å². The molecule has 0 aliphatic rings. The number of amides is 1. The number of benzene rings is 1. The quantitative estimate of drug-likeness (QED) is 0.692. The molecule has 0 spiro atoms. The molecule has 3 aromatic rings. The minimum absolute atomic E-state index is 0. The Morgan fingerprint density at radius 1 is 1.22 bits per heavy atom. The summed E-state index contributed by atoms with van der Waals surface area (Å²) in [6.07, 6.45) is 1.42. The molecule has 0 radical (unpaired) electrons. The van der Waals surface area contributed by atoms with Crippen LogP contribution in [0, 0.1) is 0 Å². The van der Waals surface area contributed by atoms with Gasteiger partial charge < -0.3 is 15.5 Å². The number of nitrogens with zero attached hydrogens (tertiary/aromatic N) is 2. The van der Waals surface area contributed by atoms with Gasteiger partial charge in [-0.25, -0.2) is 4.68 Å². The molecule has 0 atom stereocenters. The van der Waals surface area contributed by atoms with E-state index in [1.165, 1.54) is 6.26 Å². The molecule has 0 aliphatic heterocycles. The van der Waals surface area contributed by atoms with Crippen molar-refractivity contribution in [3.05, 3.63) is 71.3 Å². The molecule has 6 nitrogen and oxygen atoms in total. The van der Waals surface area contributed by atoms with Crippen LogP contribution in [-0.4, -0.2) is 15.7 Å². The number of hydrogen-bond acceptors (Lipinski definition) is 4. The molecule has 0 saturated carbocycles. The first-order valence-electron chi connectivity index (χ1n) is 8.58. The fraction of sp³-hybridized carbons (Fsp3) is 0.300. The smallest absolute Gasteiger partial charge is 0.260 e. The van der Waals surface area contributed by atoms with Crippen molar-refractivity contribution in [2.45, 2.75) is 39.3 Å². The Bertz CT molecular complexity index is 894. The number of aromatic nitrogens is 2. The van der Waals surface area contributed by atoms with E-state index in [0.717, 1.165) is 11.3 Å². The van der Waals surface area contributed by atoms with Crippen molar-refractivity contribution in [3.8, 4) is 0 Å². The number of hydrogen-bond donors (Lipinski definition) is 2. The fourth-order valence-electron chi connectivity index (χ4n) is 2.56. The van der Waals surface area contributed by atoms with Crippen LogP contribution in [0.1, 0.15) is 48.1 Å². The van der Waals surface area contributed by atoms with E-state index in [2.05, 4.69) is 26.1 Å². The fourth-order valence-corrected chi connectivity index (χ4v) is 2.56. The lowest BCUT2D eigenvalue weighted by Crippen LogP contribution is -2.16. The third kappa shape index (κ3) is 4.99.